The number of benzene rings is 4. The lowest BCUT2D eigenvalue weighted by Gasteiger charge is -2.23. The van der Waals surface area contributed by atoms with Crippen LogP contribution in [0.15, 0.2) is 97.1 Å². The monoisotopic (exact) mass is 412 g/mol. The Labute approximate surface area is 181 Å². The molecule has 0 heterocycles. The average molecular weight is 413 g/mol. The number of aryl methyl sites for hydroxylation is 4. The van der Waals surface area contributed by atoms with Gasteiger partial charge in [0, 0.05) is 0 Å². The lowest BCUT2D eigenvalue weighted by Crippen LogP contribution is -2.24. The number of aromatic hydroxyl groups is 1. The largest absolute Gasteiger partial charge is 0.508 e. The molecule has 2 heteroatoms. The van der Waals surface area contributed by atoms with Crippen molar-refractivity contribution in [2.45, 2.75) is 27.7 Å². The van der Waals surface area contributed by atoms with Gasteiger partial charge < -0.3 is 5.11 Å². The van der Waals surface area contributed by atoms with E-state index in [1.54, 1.807) is 12.1 Å². The van der Waals surface area contributed by atoms with Crippen LogP contribution in [-0.2, 0) is 0 Å². The van der Waals surface area contributed by atoms with Crippen LogP contribution in [0.3, 0.4) is 0 Å². The van der Waals surface area contributed by atoms with E-state index in [9.17, 15) is 5.11 Å². The Bertz CT molecular complexity index is 1010. The predicted molar refractivity (Wildman–Crippen MR) is 132 cm³/mol. The molecule has 4 aromatic rings. The van der Waals surface area contributed by atoms with Crippen LogP contribution in [0.1, 0.15) is 22.3 Å². The molecule has 4 aromatic carbocycles. The fourth-order valence-electron chi connectivity index (χ4n) is 3.51. The molecule has 1 N–H and O–H groups in total. The van der Waals surface area contributed by atoms with Gasteiger partial charge in [-0.3, -0.25) is 0 Å². The third kappa shape index (κ3) is 5.59. The molecule has 0 spiro atoms. The number of phenolic OH excluding ortho intramolecular Hbond substituents is 1. The topological polar surface area (TPSA) is 20.2 Å². The second-order valence-electron chi connectivity index (χ2n) is 7.59. The van der Waals surface area contributed by atoms with Crippen molar-refractivity contribution in [2.75, 3.05) is 0 Å². The van der Waals surface area contributed by atoms with Gasteiger partial charge in [0.15, 0.2) is 0 Å². The molecule has 0 amide bonds. The van der Waals surface area contributed by atoms with Gasteiger partial charge in [-0.25, -0.2) is 0 Å². The Balaban J connectivity index is 0.000000367. The Morgan fingerprint density at radius 1 is 0.533 bits per heavy atom. The SMILES string of the molecule is Cc1ccc(P(c2ccc(O)cc2)c2ccc(C)cc2C)c(C)c1.c1ccccc1. The molecular weight excluding hydrogens is 383 g/mol. The summed E-state index contributed by atoms with van der Waals surface area (Å²) in [7, 11) is -0.636. The first-order valence-electron chi connectivity index (χ1n) is 10.2. The fourth-order valence-corrected chi connectivity index (χ4v) is 6.05. The van der Waals surface area contributed by atoms with Crippen LogP contribution in [0.25, 0.3) is 0 Å². The minimum atomic E-state index is -0.636. The molecule has 0 saturated heterocycles. The summed E-state index contributed by atoms with van der Waals surface area (Å²) in [6, 6.07) is 33.1. The van der Waals surface area contributed by atoms with Crippen LogP contribution >= 0.6 is 7.92 Å². The molecule has 30 heavy (non-hydrogen) atoms. The first-order chi connectivity index (χ1) is 14.5. The second-order valence-corrected chi connectivity index (χ2v) is 9.74. The van der Waals surface area contributed by atoms with Crippen LogP contribution in [0.5, 0.6) is 5.75 Å². The Morgan fingerprint density at radius 2 is 0.933 bits per heavy atom. The van der Waals surface area contributed by atoms with Crippen LogP contribution in [0.4, 0.5) is 0 Å². The first-order valence-corrected chi connectivity index (χ1v) is 11.5. The van der Waals surface area contributed by atoms with E-state index in [1.165, 1.54) is 38.2 Å². The van der Waals surface area contributed by atoms with E-state index in [0.717, 1.165) is 0 Å². The maximum atomic E-state index is 9.67. The molecule has 0 unspecified atom stereocenters. The summed E-state index contributed by atoms with van der Waals surface area (Å²) in [5.74, 6) is 0.315. The molecule has 0 saturated carbocycles. The molecule has 1 nitrogen and oxygen atoms in total. The van der Waals surface area contributed by atoms with Crippen LogP contribution in [0, 0.1) is 27.7 Å². The number of rotatable bonds is 3. The standard InChI is InChI=1S/C22H23OP.C6H6/c1-15-5-11-21(17(3)13-15)24(20-9-7-19(23)8-10-20)22-12-6-16(2)14-18(22)4;1-2-4-6-5-3-1/h5-14,23H,1-4H3;1-6H. The van der Waals surface area contributed by atoms with Gasteiger partial charge in [0.25, 0.3) is 0 Å². The lowest BCUT2D eigenvalue weighted by atomic mass is 10.1. The quantitative estimate of drug-likeness (QED) is 0.405. The lowest BCUT2D eigenvalue weighted by molar-refractivity contribution is 0.475. The predicted octanol–water partition coefficient (Wildman–Crippen LogP) is 6.07. The summed E-state index contributed by atoms with van der Waals surface area (Å²) < 4.78 is 0. The van der Waals surface area contributed by atoms with Gasteiger partial charge in [0.05, 0.1) is 0 Å². The summed E-state index contributed by atoms with van der Waals surface area (Å²) in [5.41, 5.74) is 5.23. The van der Waals surface area contributed by atoms with Crippen molar-refractivity contribution in [3.8, 4) is 5.75 Å². The highest BCUT2D eigenvalue weighted by Crippen LogP contribution is 2.36. The normalized spacial score (nSPS) is 10.4. The van der Waals surface area contributed by atoms with Crippen molar-refractivity contribution < 1.29 is 5.11 Å². The highest BCUT2D eigenvalue weighted by Gasteiger charge is 2.20. The molecule has 152 valence electrons. The van der Waals surface area contributed by atoms with Gasteiger partial charge in [0.1, 0.15) is 5.75 Å². The minimum absolute atomic E-state index is 0.315. The summed E-state index contributed by atoms with van der Waals surface area (Å²) in [6.45, 7) is 8.66. The highest BCUT2D eigenvalue weighted by atomic mass is 31.1. The molecule has 0 aromatic heterocycles. The summed E-state index contributed by atoms with van der Waals surface area (Å²) in [5, 5.41) is 13.7. The zero-order chi connectivity index (χ0) is 21.5. The van der Waals surface area contributed by atoms with Gasteiger partial charge in [0.2, 0.25) is 0 Å². The van der Waals surface area contributed by atoms with Gasteiger partial charge in [-0.1, -0.05) is 96.1 Å². The van der Waals surface area contributed by atoms with E-state index in [2.05, 4.69) is 76.2 Å². The molecule has 0 radical (unpaired) electrons. The van der Waals surface area contributed by atoms with Crippen molar-refractivity contribution in [1.29, 1.82) is 0 Å². The third-order valence-electron chi connectivity index (χ3n) is 4.96. The van der Waals surface area contributed by atoms with E-state index < -0.39 is 7.92 Å². The maximum Gasteiger partial charge on any atom is 0.115 e. The van der Waals surface area contributed by atoms with Crippen molar-refractivity contribution in [2.24, 2.45) is 0 Å². The van der Waals surface area contributed by atoms with Crippen molar-refractivity contribution >= 4 is 23.8 Å². The van der Waals surface area contributed by atoms with Crippen molar-refractivity contribution in [3.63, 3.8) is 0 Å². The van der Waals surface area contributed by atoms with Crippen LogP contribution < -0.4 is 15.9 Å². The number of hydrogen-bond donors (Lipinski definition) is 1. The molecule has 0 aliphatic heterocycles. The Kier molecular flexibility index (Phi) is 7.44. The summed E-state index contributed by atoms with van der Waals surface area (Å²) in [6.07, 6.45) is 0. The zero-order valence-corrected chi connectivity index (χ0v) is 19.0. The number of phenols is 1. The molecule has 0 aliphatic carbocycles. The van der Waals surface area contributed by atoms with Gasteiger partial charge in [-0.05, 0) is 74.8 Å². The van der Waals surface area contributed by atoms with Crippen LogP contribution in [0.2, 0.25) is 0 Å². The minimum Gasteiger partial charge on any atom is -0.508 e. The first kappa shape index (κ1) is 21.8. The molecule has 0 atom stereocenters. The van der Waals surface area contributed by atoms with E-state index in [4.69, 9.17) is 0 Å². The van der Waals surface area contributed by atoms with E-state index in [1.807, 2.05) is 36.4 Å². The molecular formula is C28H29OP. The molecule has 4 rings (SSSR count). The fraction of sp³-hybridized carbons (Fsp3) is 0.143. The summed E-state index contributed by atoms with van der Waals surface area (Å²) >= 11 is 0. The van der Waals surface area contributed by atoms with Gasteiger partial charge in [-0.2, -0.15) is 0 Å². The highest BCUT2D eigenvalue weighted by molar-refractivity contribution is 7.80. The van der Waals surface area contributed by atoms with E-state index in [-0.39, 0.29) is 0 Å². The zero-order valence-electron chi connectivity index (χ0n) is 18.1. The smallest absolute Gasteiger partial charge is 0.115 e. The molecule has 0 aliphatic rings. The Hall–Kier alpha value is -2.89. The van der Waals surface area contributed by atoms with Gasteiger partial charge in [-0.15, -0.1) is 0 Å². The van der Waals surface area contributed by atoms with Crippen LogP contribution in [-0.4, -0.2) is 5.11 Å². The third-order valence-corrected chi connectivity index (χ3v) is 7.74. The molecule has 0 fully saturated rings. The second kappa shape index (κ2) is 10.2. The van der Waals surface area contributed by atoms with E-state index in [0.29, 0.717) is 5.75 Å². The van der Waals surface area contributed by atoms with Gasteiger partial charge >= 0.3 is 0 Å². The van der Waals surface area contributed by atoms with E-state index >= 15 is 0 Å². The van der Waals surface area contributed by atoms with Crippen molar-refractivity contribution in [1.82, 2.24) is 0 Å². The summed E-state index contributed by atoms with van der Waals surface area (Å²) in [4.78, 5) is 0. The average Bonchev–Trinajstić information content (AvgIpc) is 2.74. The Morgan fingerprint density at radius 3 is 1.30 bits per heavy atom. The number of hydrogen-bond acceptors (Lipinski definition) is 1. The maximum absolute atomic E-state index is 9.67. The molecule has 0 bridgehead atoms. The van der Waals surface area contributed by atoms with Crippen molar-refractivity contribution in [3.05, 3.63) is 119 Å².